The second-order valence-electron chi connectivity index (χ2n) is 31.4. The first kappa shape index (κ1) is 76.7. The first-order chi connectivity index (χ1) is 38.4. The van der Waals surface area contributed by atoms with Crippen LogP contribution in [0, 0.1) is 17.8 Å². The molecular formula is C72H158N9+7. The van der Waals surface area contributed by atoms with Crippen LogP contribution < -0.4 is 0 Å². The SMILES string of the molecule is CCC.CCC.CCC.CCC.CC[N+]1(C)CCC1.CC[N+]1(C)CCCC2CCCCC21.CC[N+]12CCN(CC1)CC2.C[N+]1(C)CCC1.C[N+]1(C)CCCC2CCCCC21.C[N+]1(C)CCCC2CCCCC21.C[N+]12CCN(CC1)CC2. The molecule has 4 bridgehead atoms. The van der Waals surface area contributed by atoms with Gasteiger partial charge < -0.3 is 31.4 Å². The van der Waals surface area contributed by atoms with Crippen LogP contribution in [0.5, 0.6) is 0 Å². The van der Waals surface area contributed by atoms with Crippen LogP contribution in [0.25, 0.3) is 0 Å². The van der Waals surface area contributed by atoms with E-state index in [-0.39, 0.29) is 0 Å². The molecule has 0 spiro atoms. The summed E-state index contributed by atoms with van der Waals surface area (Å²) in [6.07, 6.45) is 34.9. The van der Waals surface area contributed by atoms with Crippen LogP contribution in [0.15, 0.2) is 0 Å². The molecule has 0 aromatic carbocycles. The fourth-order valence-electron chi connectivity index (χ4n) is 16.2. The summed E-state index contributed by atoms with van der Waals surface area (Å²) in [5, 5.41) is 0. The third-order valence-corrected chi connectivity index (χ3v) is 22.7. The zero-order valence-electron chi connectivity index (χ0n) is 60.0. The fourth-order valence-corrected chi connectivity index (χ4v) is 16.2. The molecule has 14 fully saturated rings. The number of likely N-dealkylation sites (tertiary alicyclic amines) is 5. The number of nitrogens with zero attached hydrogens (tertiary/aromatic N) is 9. The molecule has 0 amide bonds. The van der Waals surface area contributed by atoms with Crippen LogP contribution in [0.3, 0.4) is 0 Å². The number of quaternary nitrogens is 7. The summed E-state index contributed by atoms with van der Waals surface area (Å²) in [7, 11) is 21.5. The third kappa shape index (κ3) is 27.3. The van der Waals surface area contributed by atoms with Crippen molar-refractivity contribution in [1.29, 1.82) is 0 Å². The zero-order valence-corrected chi connectivity index (χ0v) is 60.0. The van der Waals surface area contributed by atoms with Gasteiger partial charge in [-0.05, 0) is 117 Å². The molecule has 0 aromatic heterocycles. The van der Waals surface area contributed by atoms with Gasteiger partial charge in [0.25, 0.3) is 0 Å². The van der Waals surface area contributed by atoms with Crippen molar-refractivity contribution in [3.63, 3.8) is 0 Å². The van der Waals surface area contributed by atoms with E-state index in [1.165, 1.54) is 329 Å². The molecule has 7 atom stereocenters. The van der Waals surface area contributed by atoms with Crippen molar-refractivity contribution < 1.29 is 31.4 Å². The Bertz CT molecular complexity index is 1440. The summed E-state index contributed by atoms with van der Waals surface area (Å²) < 4.78 is 9.33. The van der Waals surface area contributed by atoms with Gasteiger partial charge in [0.05, 0.1) is 186 Å². The van der Waals surface area contributed by atoms with Gasteiger partial charge in [-0.25, -0.2) is 0 Å². The number of hydrogen-bond acceptors (Lipinski definition) is 2. The molecule has 14 rings (SSSR count). The van der Waals surface area contributed by atoms with E-state index < -0.39 is 0 Å². The van der Waals surface area contributed by atoms with E-state index in [4.69, 9.17) is 0 Å². The van der Waals surface area contributed by atoms with Crippen LogP contribution in [0.1, 0.15) is 230 Å². The van der Waals surface area contributed by atoms with E-state index in [0.29, 0.717) is 0 Å². The smallest absolute Gasteiger partial charge is 0.0916 e. The maximum Gasteiger partial charge on any atom is 0.0916 e. The number of hydrogen-bond donors (Lipinski definition) is 0. The molecule has 14 aliphatic rings. The highest BCUT2D eigenvalue weighted by molar-refractivity contribution is 4.82. The first-order valence-electron chi connectivity index (χ1n) is 36.7. The van der Waals surface area contributed by atoms with Crippen LogP contribution in [-0.2, 0) is 0 Å². The quantitative estimate of drug-likeness (QED) is 0.260. The lowest BCUT2D eigenvalue weighted by Crippen LogP contribution is -2.67. The second-order valence-corrected chi connectivity index (χ2v) is 31.4. The molecule has 484 valence electrons. The molecule has 0 radical (unpaired) electrons. The molecule has 7 unspecified atom stereocenters. The highest BCUT2D eigenvalue weighted by atomic mass is 15.5. The molecule has 11 aliphatic heterocycles. The fraction of sp³-hybridized carbons (Fsp3) is 1.00. The molecule has 81 heavy (non-hydrogen) atoms. The highest BCUT2D eigenvalue weighted by Gasteiger charge is 2.44. The van der Waals surface area contributed by atoms with Crippen molar-refractivity contribution in [2.24, 2.45) is 17.8 Å². The highest BCUT2D eigenvalue weighted by Crippen LogP contribution is 2.40. The minimum Gasteiger partial charge on any atom is -0.328 e. The first-order valence-corrected chi connectivity index (χ1v) is 36.7. The standard InChI is InChI=1S/C12H24N.2C11H22N.C8H17N2.C7H15N2.C6H14N.C5H12N.4C3H8/c1-3-13(2)10-6-8-11-7-4-5-9-12(11)13;2*1-12(2)9-5-7-10-6-3-4-8-11(10)12;1-2-10-6-3-9(4-7-10)5-8-10;1-9-5-2-8(3-6-9)4-7-9;1-3-7(2)5-4-6-7;1-6(2)4-3-5-6;4*1-3-2/h11-12H,3-10H2,1-2H3;2*10-11H,3-9H2,1-2H3;2-8H2,1H3;2-7H2,1H3;3-6H2,1-2H3;3-5H2,1-2H3;4*3H2,1-2H3/q7*+1;;;;. The van der Waals surface area contributed by atoms with Crippen molar-refractivity contribution in [2.45, 2.75) is 248 Å². The lowest BCUT2D eigenvalue weighted by molar-refractivity contribution is -0.944. The van der Waals surface area contributed by atoms with Gasteiger partial charge in [-0.15, -0.1) is 0 Å². The molecule has 3 aliphatic carbocycles. The van der Waals surface area contributed by atoms with Gasteiger partial charge in [-0.1, -0.05) is 100 Å². The van der Waals surface area contributed by atoms with E-state index in [0.717, 1.165) is 35.9 Å². The number of rotatable bonds is 3. The topological polar surface area (TPSA) is 6.48 Å². The molecule has 3 saturated carbocycles. The van der Waals surface area contributed by atoms with Crippen molar-refractivity contribution in [2.75, 3.05) is 207 Å². The van der Waals surface area contributed by atoms with Gasteiger partial charge in [-0.2, -0.15) is 0 Å². The van der Waals surface area contributed by atoms with Gasteiger partial charge in [0.2, 0.25) is 0 Å². The Hall–Kier alpha value is -0.360. The van der Waals surface area contributed by atoms with Gasteiger partial charge >= 0.3 is 0 Å². The Labute approximate surface area is 512 Å². The maximum absolute atomic E-state index is 2.59. The number of likely N-dealkylation sites (N-methyl/N-ethyl adjacent to an activating group) is 2. The Morgan fingerprint density at radius 1 is 0.284 bits per heavy atom. The van der Waals surface area contributed by atoms with E-state index in [2.05, 4.69) is 149 Å². The number of fused-ring (bicyclic) bond motifs is 9. The molecule has 11 heterocycles. The summed E-state index contributed by atoms with van der Waals surface area (Å²) in [5.74, 6) is 3.22. The third-order valence-electron chi connectivity index (χ3n) is 22.7. The predicted octanol–water partition coefficient (Wildman–Crippen LogP) is 14.5. The van der Waals surface area contributed by atoms with Crippen molar-refractivity contribution in [3.8, 4) is 0 Å². The largest absolute Gasteiger partial charge is 0.328 e. The van der Waals surface area contributed by atoms with Crippen LogP contribution >= 0.6 is 0 Å². The average molecular weight is 1150 g/mol. The minimum atomic E-state index is 1.01. The van der Waals surface area contributed by atoms with E-state index in [1.54, 1.807) is 0 Å². The van der Waals surface area contributed by atoms with Gasteiger partial charge in [0, 0.05) is 69.9 Å². The average Bonchev–Trinajstić information content (AvgIpc) is 3.46. The Morgan fingerprint density at radius 3 is 0.815 bits per heavy atom. The zero-order chi connectivity index (χ0) is 60.6. The van der Waals surface area contributed by atoms with Crippen molar-refractivity contribution in [3.05, 3.63) is 0 Å². The molecule has 9 nitrogen and oxygen atoms in total. The molecule has 9 heteroatoms. The molecule has 0 aromatic rings. The van der Waals surface area contributed by atoms with Gasteiger partial charge in [0.15, 0.2) is 0 Å². The Kier molecular flexibility index (Phi) is 37.4. The monoisotopic (exact) mass is 1150 g/mol. The summed E-state index contributed by atoms with van der Waals surface area (Å²) >= 11 is 0. The maximum atomic E-state index is 2.59. The van der Waals surface area contributed by atoms with Crippen molar-refractivity contribution >= 4 is 0 Å². The van der Waals surface area contributed by atoms with Gasteiger partial charge in [0.1, 0.15) is 0 Å². The van der Waals surface area contributed by atoms with Crippen LogP contribution in [0.4, 0.5) is 0 Å². The lowest BCUT2D eigenvalue weighted by atomic mass is 9.77. The van der Waals surface area contributed by atoms with Crippen LogP contribution in [-0.4, -0.2) is 267 Å². The van der Waals surface area contributed by atoms with Crippen LogP contribution in [0.2, 0.25) is 0 Å². The Balaban J connectivity index is 0.000000315. The second kappa shape index (κ2) is 39.5. The lowest BCUT2D eigenvalue weighted by Gasteiger charge is -2.50. The van der Waals surface area contributed by atoms with Gasteiger partial charge in [-0.3, -0.25) is 9.80 Å². The Morgan fingerprint density at radius 2 is 0.580 bits per heavy atom. The number of piperidine rings is 3. The normalized spacial score (nSPS) is 35.9. The molecule has 0 N–H and O–H groups in total. The summed E-state index contributed by atoms with van der Waals surface area (Å²) in [4.78, 5) is 5.17. The molecule has 11 saturated heterocycles. The van der Waals surface area contributed by atoms with Crippen molar-refractivity contribution in [1.82, 2.24) is 9.80 Å². The summed E-state index contributed by atoms with van der Waals surface area (Å²) in [6, 6.07) is 3.03. The van der Waals surface area contributed by atoms with E-state index in [1.807, 2.05) is 0 Å². The summed E-state index contributed by atoms with van der Waals surface area (Å²) in [5.41, 5.74) is 0. The molecular weight excluding hydrogens is 991 g/mol. The predicted molar refractivity (Wildman–Crippen MR) is 361 cm³/mol. The minimum absolute atomic E-state index is 1.01. The summed E-state index contributed by atoms with van der Waals surface area (Å²) in [6.45, 7) is 54.4. The number of piperazine rings is 6. The van der Waals surface area contributed by atoms with E-state index in [9.17, 15) is 0 Å². The van der Waals surface area contributed by atoms with E-state index >= 15 is 0 Å².